The van der Waals surface area contributed by atoms with Gasteiger partial charge >= 0.3 is 0 Å². The van der Waals surface area contributed by atoms with Crippen LogP contribution in [0.15, 0.2) is 23.2 Å². The summed E-state index contributed by atoms with van der Waals surface area (Å²) in [5.74, 6) is 0.570. The van der Waals surface area contributed by atoms with E-state index >= 15 is 0 Å². The van der Waals surface area contributed by atoms with Crippen LogP contribution in [0.25, 0.3) is 0 Å². The van der Waals surface area contributed by atoms with E-state index < -0.39 is 0 Å². The number of amides is 1. The Morgan fingerprint density at radius 3 is 3.05 bits per heavy atom. The number of hydrogen-bond donors (Lipinski definition) is 0. The summed E-state index contributed by atoms with van der Waals surface area (Å²) in [6.45, 7) is 1.53. The van der Waals surface area contributed by atoms with Crippen molar-refractivity contribution in [2.75, 3.05) is 38.7 Å². The quantitative estimate of drug-likeness (QED) is 0.847. The summed E-state index contributed by atoms with van der Waals surface area (Å²) in [6, 6.07) is 1.83. The third-order valence-electron chi connectivity index (χ3n) is 3.40. The van der Waals surface area contributed by atoms with Gasteiger partial charge in [0.25, 0.3) is 5.91 Å². The molecule has 7 nitrogen and oxygen atoms in total. The molecule has 116 valence electrons. The highest BCUT2D eigenvalue weighted by Crippen LogP contribution is 2.22. The van der Waals surface area contributed by atoms with Gasteiger partial charge < -0.3 is 14.5 Å². The molecule has 0 bridgehead atoms. The Hall–Kier alpha value is -2.06. The first-order valence-corrected chi connectivity index (χ1v) is 7.89. The zero-order valence-corrected chi connectivity index (χ0v) is 13.3. The van der Waals surface area contributed by atoms with Gasteiger partial charge in [-0.05, 0) is 6.07 Å². The number of carbonyl (C=O) groups excluding carboxylic acids is 1. The number of morpholine rings is 1. The molecule has 8 heteroatoms. The molecule has 22 heavy (non-hydrogen) atoms. The van der Waals surface area contributed by atoms with E-state index in [4.69, 9.17) is 4.74 Å². The second-order valence-corrected chi connectivity index (χ2v) is 5.88. The van der Waals surface area contributed by atoms with Gasteiger partial charge in [-0.15, -0.1) is 11.3 Å². The molecule has 2 aromatic heterocycles. The van der Waals surface area contributed by atoms with Crippen LogP contribution in [0.4, 0.5) is 5.95 Å². The minimum atomic E-state index is -0.238. The molecule has 2 aromatic rings. The molecule has 0 radical (unpaired) electrons. The molecule has 1 aliphatic rings. The topological polar surface area (TPSA) is 71.5 Å². The van der Waals surface area contributed by atoms with Crippen LogP contribution in [0.1, 0.15) is 22.3 Å². The number of ether oxygens (including phenoxy) is 1. The molecule has 3 heterocycles. The molecule has 0 aromatic carbocycles. The van der Waals surface area contributed by atoms with Crippen LogP contribution in [0.3, 0.4) is 0 Å². The predicted octanol–water partition coefficient (Wildman–Crippen LogP) is 1.21. The van der Waals surface area contributed by atoms with Gasteiger partial charge in [-0.25, -0.2) is 15.0 Å². The average molecular weight is 319 g/mol. The fraction of sp³-hybridized carbons (Fsp3) is 0.429. The SMILES string of the molecule is CN(C)c1nccc(C2CN(C(=O)c3cscn3)CCO2)n1. The molecular weight excluding hydrogens is 302 g/mol. The van der Waals surface area contributed by atoms with Gasteiger partial charge in [-0.1, -0.05) is 0 Å². The van der Waals surface area contributed by atoms with Crippen molar-refractivity contribution in [1.29, 1.82) is 0 Å². The highest BCUT2D eigenvalue weighted by atomic mass is 32.1. The number of anilines is 1. The average Bonchev–Trinajstić information content (AvgIpc) is 3.09. The zero-order chi connectivity index (χ0) is 15.5. The van der Waals surface area contributed by atoms with E-state index in [1.54, 1.807) is 22.0 Å². The molecule has 1 saturated heterocycles. The highest BCUT2D eigenvalue weighted by Gasteiger charge is 2.28. The molecule has 0 saturated carbocycles. The Bertz CT molecular complexity index is 646. The molecular formula is C14H17N5O2S. The number of hydrogen-bond acceptors (Lipinski definition) is 7. The van der Waals surface area contributed by atoms with E-state index in [0.29, 0.717) is 31.3 Å². The van der Waals surface area contributed by atoms with Crippen molar-refractivity contribution in [2.24, 2.45) is 0 Å². The van der Waals surface area contributed by atoms with Crippen LogP contribution in [-0.2, 0) is 4.74 Å². The van der Waals surface area contributed by atoms with Gasteiger partial charge in [-0.2, -0.15) is 0 Å². The lowest BCUT2D eigenvalue weighted by Crippen LogP contribution is -2.42. The number of aromatic nitrogens is 3. The summed E-state index contributed by atoms with van der Waals surface area (Å²) in [6.07, 6.45) is 1.47. The third-order valence-corrected chi connectivity index (χ3v) is 3.99. The van der Waals surface area contributed by atoms with Crippen molar-refractivity contribution in [2.45, 2.75) is 6.10 Å². The first-order chi connectivity index (χ1) is 10.6. The van der Waals surface area contributed by atoms with Crippen molar-refractivity contribution in [3.63, 3.8) is 0 Å². The summed E-state index contributed by atoms with van der Waals surface area (Å²) in [5.41, 5.74) is 2.94. The van der Waals surface area contributed by atoms with Crippen LogP contribution in [0.5, 0.6) is 0 Å². The standard InChI is InChI=1S/C14H17N5O2S/c1-18(2)14-15-4-3-10(17-14)12-7-19(5-6-21-12)13(20)11-8-22-9-16-11/h3-4,8-9,12H,5-7H2,1-2H3. The monoisotopic (exact) mass is 319 g/mol. The molecule has 1 atom stereocenters. The maximum absolute atomic E-state index is 12.4. The molecule has 1 aliphatic heterocycles. The van der Waals surface area contributed by atoms with E-state index in [-0.39, 0.29) is 12.0 Å². The minimum Gasteiger partial charge on any atom is -0.368 e. The smallest absolute Gasteiger partial charge is 0.273 e. The Kier molecular flexibility index (Phi) is 4.30. The van der Waals surface area contributed by atoms with Crippen molar-refractivity contribution < 1.29 is 9.53 Å². The van der Waals surface area contributed by atoms with Crippen LogP contribution in [0, 0.1) is 0 Å². The second kappa shape index (κ2) is 6.37. The summed E-state index contributed by atoms with van der Waals surface area (Å²) < 4.78 is 5.78. The van der Waals surface area contributed by atoms with Gasteiger partial charge in [0.15, 0.2) is 0 Å². The molecule has 1 unspecified atom stereocenters. The van der Waals surface area contributed by atoms with Crippen LogP contribution < -0.4 is 4.90 Å². The maximum Gasteiger partial charge on any atom is 0.273 e. The lowest BCUT2D eigenvalue weighted by molar-refractivity contribution is -0.0249. The summed E-state index contributed by atoms with van der Waals surface area (Å²) in [4.78, 5) is 28.8. The fourth-order valence-electron chi connectivity index (χ4n) is 2.25. The molecule has 0 aliphatic carbocycles. The Labute approximate surface area is 132 Å². The number of carbonyl (C=O) groups is 1. The largest absolute Gasteiger partial charge is 0.368 e. The summed E-state index contributed by atoms with van der Waals surface area (Å²) in [7, 11) is 3.78. The van der Waals surface area contributed by atoms with Gasteiger partial charge in [-0.3, -0.25) is 4.79 Å². The number of thiazole rings is 1. The van der Waals surface area contributed by atoms with Gasteiger partial charge in [0.2, 0.25) is 5.95 Å². The van der Waals surface area contributed by atoms with E-state index in [2.05, 4.69) is 15.0 Å². The molecule has 1 fully saturated rings. The normalized spacial score (nSPS) is 18.3. The van der Waals surface area contributed by atoms with Crippen molar-refractivity contribution in [1.82, 2.24) is 19.9 Å². The van der Waals surface area contributed by atoms with Crippen molar-refractivity contribution in [3.05, 3.63) is 34.5 Å². The van der Waals surface area contributed by atoms with Crippen LogP contribution >= 0.6 is 11.3 Å². The van der Waals surface area contributed by atoms with E-state index in [1.807, 2.05) is 25.1 Å². The van der Waals surface area contributed by atoms with Crippen LogP contribution in [0.2, 0.25) is 0 Å². The molecule has 0 spiro atoms. The lowest BCUT2D eigenvalue weighted by Gasteiger charge is -2.32. The van der Waals surface area contributed by atoms with E-state index in [0.717, 1.165) is 5.69 Å². The summed E-state index contributed by atoms with van der Waals surface area (Å²) >= 11 is 1.42. The van der Waals surface area contributed by atoms with Gasteiger partial charge in [0.1, 0.15) is 11.8 Å². The van der Waals surface area contributed by atoms with Gasteiger partial charge in [0, 0.05) is 32.2 Å². The summed E-state index contributed by atoms with van der Waals surface area (Å²) in [5, 5.41) is 1.77. The fourth-order valence-corrected chi connectivity index (χ4v) is 2.78. The first kappa shape index (κ1) is 14.9. The predicted molar refractivity (Wildman–Crippen MR) is 83.1 cm³/mol. The van der Waals surface area contributed by atoms with E-state index in [9.17, 15) is 4.79 Å². The lowest BCUT2D eigenvalue weighted by atomic mass is 10.2. The van der Waals surface area contributed by atoms with E-state index in [1.165, 1.54) is 11.3 Å². The Morgan fingerprint density at radius 2 is 2.32 bits per heavy atom. The zero-order valence-electron chi connectivity index (χ0n) is 12.5. The molecule has 0 N–H and O–H groups in total. The number of rotatable bonds is 3. The molecule has 1 amide bonds. The Balaban J connectivity index is 1.75. The third kappa shape index (κ3) is 3.07. The molecule has 3 rings (SSSR count). The number of nitrogens with zero attached hydrogens (tertiary/aromatic N) is 5. The Morgan fingerprint density at radius 1 is 1.45 bits per heavy atom. The maximum atomic E-state index is 12.4. The van der Waals surface area contributed by atoms with Gasteiger partial charge in [0.05, 0.1) is 24.4 Å². The highest BCUT2D eigenvalue weighted by molar-refractivity contribution is 7.07. The van der Waals surface area contributed by atoms with Crippen molar-refractivity contribution in [3.8, 4) is 0 Å². The van der Waals surface area contributed by atoms with Crippen LogP contribution in [-0.4, -0.2) is 59.6 Å². The van der Waals surface area contributed by atoms with Crippen molar-refractivity contribution >= 4 is 23.2 Å². The minimum absolute atomic E-state index is 0.0589. The second-order valence-electron chi connectivity index (χ2n) is 5.16. The first-order valence-electron chi connectivity index (χ1n) is 6.94.